The lowest BCUT2D eigenvalue weighted by Gasteiger charge is -2.43. The Morgan fingerprint density at radius 2 is 2.04 bits per heavy atom. The molecule has 1 aliphatic heterocycles. The number of carbonyl (C=O) groups is 1. The fourth-order valence-corrected chi connectivity index (χ4v) is 4.38. The van der Waals surface area contributed by atoms with Crippen molar-refractivity contribution in [3.05, 3.63) is 59.7 Å². The number of hydrogen-bond donors (Lipinski definition) is 1. The van der Waals surface area contributed by atoms with Gasteiger partial charge in [-0.1, -0.05) is 30.3 Å². The van der Waals surface area contributed by atoms with Gasteiger partial charge in [-0.15, -0.1) is 0 Å². The van der Waals surface area contributed by atoms with Crippen molar-refractivity contribution in [3.8, 4) is 11.5 Å². The molecule has 1 heterocycles. The molecule has 4 nitrogen and oxygen atoms in total. The van der Waals surface area contributed by atoms with E-state index in [1.54, 1.807) is 7.11 Å². The molecule has 0 radical (unpaired) electrons. The molecule has 0 saturated heterocycles. The smallest absolute Gasteiger partial charge is 0.228 e. The second-order valence-corrected chi connectivity index (χ2v) is 7.33. The zero-order chi connectivity index (χ0) is 17.0. The maximum Gasteiger partial charge on any atom is 0.228 e. The molecule has 128 valence electrons. The van der Waals surface area contributed by atoms with Crippen molar-refractivity contribution in [2.75, 3.05) is 7.11 Å². The molecule has 3 aliphatic rings. The number of rotatable bonds is 4. The van der Waals surface area contributed by atoms with Gasteiger partial charge in [0, 0.05) is 11.5 Å². The molecular formula is C21H21NO3. The molecule has 2 fully saturated rings. The van der Waals surface area contributed by atoms with Gasteiger partial charge in [-0.3, -0.25) is 4.79 Å². The monoisotopic (exact) mass is 335 g/mol. The first kappa shape index (κ1) is 14.8. The third-order valence-corrected chi connectivity index (χ3v) is 5.99. The highest BCUT2D eigenvalue weighted by atomic mass is 16.5. The van der Waals surface area contributed by atoms with Crippen LogP contribution in [0.2, 0.25) is 0 Å². The predicted molar refractivity (Wildman–Crippen MR) is 93.8 cm³/mol. The van der Waals surface area contributed by atoms with Crippen molar-refractivity contribution in [2.45, 2.75) is 36.8 Å². The summed E-state index contributed by atoms with van der Waals surface area (Å²) in [5.74, 6) is 2.05. The van der Waals surface area contributed by atoms with Gasteiger partial charge in [0.15, 0.2) is 0 Å². The Hall–Kier alpha value is -2.49. The first-order valence-electron chi connectivity index (χ1n) is 8.94. The lowest BCUT2D eigenvalue weighted by Crippen LogP contribution is -2.51. The molecule has 1 amide bonds. The van der Waals surface area contributed by atoms with Crippen LogP contribution in [0.3, 0.4) is 0 Å². The third-order valence-electron chi connectivity index (χ3n) is 5.99. The van der Waals surface area contributed by atoms with Gasteiger partial charge < -0.3 is 14.8 Å². The van der Waals surface area contributed by atoms with Crippen LogP contribution < -0.4 is 14.8 Å². The van der Waals surface area contributed by atoms with E-state index in [4.69, 9.17) is 9.47 Å². The molecule has 2 aliphatic carbocycles. The molecule has 5 rings (SSSR count). The lowest BCUT2D eigenvalue weighted by atomic mass is 9.71. The Balaban J connectivity index is 1.36. The van der Waals surface area contributed by atoms with Gasteiger partial charge in [0.1, 0.15) is 17.6 Å². The Morgan fingerprint density at radius 3 is 2.80 bits per heavy atom. The van der Waals surface area contributed by atoms with Crippen LogP contribution in [-0.2, 0) is 10.3 Å². The van der Waals surface area contributed by atoms with Crippen LogP contribution >= 0.6 is 0 Å². The summed E-state index contributed by atoms with van der Waals surface area (Å²) in [6, 6.07) is 16.1. The standard InChI is InChI=1S/C21H21NO3/c1-24-14-7-4-6-13(12-14)21(10-5-11-21)22-20(23)18-17-15-8-2-3-9-16(15)25-19(17)18/h2-4,6-9,12,17-19H,5,10-11H2,1H3,(H,22,23). The fraction of sp³-hybridized carbons (Fsp3) is 0.381. The minimum atomic E-state index is -0.248. The summed E-state index contributed by atoms with van der Waals surface area (Å²) in [5, 5.41) is 3.34. The molecule has 2 aromatic rings. The Labute approximate surface area is 147 Å². The number of carbonyl (C=O) groups excluding carboxylic acids is 1. The topological polar surface area (TPSA) is 47.6 Å². The Kier molecular flexibility index (Phi) is 3.11. The van der Waals surface area contributed by atoms with Gasteiger partial charge in [0.2, 0.25) is 5.91 Å². The Morgan fingerprint density at radius 1 is 1.20 bits per heavy atom. The van der Waals surface area contributed by atoms with Crippen LogP contribution in [0.15, 0.2) is 48.5 Å². The predicted octanol–water partition coefficient (Wildman–Crippen LogP) is 3.37. The fourth-order valence-electron chi connectivity index (χ4n) is 4.38. The van der Waals surface area contributed by atoms with Gasteiger partial charge in [-0.05, 0) is 43.0 Å². The van der Waals surface area contributed by atoms with Crippen molar-refractivity contribution in [1.29, 1.82) is 0 Å². The molecule has 0 bridgehead atoms. The minimum Gasteiger partial charge on any atom is -0.497 e. The summed E-state index contributed by atoms with van der Waals surface area (Å²) in [5.41, 5.74) is 2.07. The number of methoxy groups -OCH3 is 1. The van der Waals surface area contributed by atoms with E-state index in [0.29, 0.717) is 0 Å². The summed E-state index contributed by atoms with van der Waals surface area (Å²) in [4.78, 5) is 12.9. The molecule has 2 aromatic carbocycles. The Bertz CT molecular complexity index is 843. The van der Waals surface area contributed by atoms with Gasteiger partial charge in [0.05, 0.1) is 18.6 Å². The maximum absolute atomic E-state index is 12.9. The van der Waals surface area contributed by atoms with Gasteiger partial charge in [-0.25, -0.2) is 0 Å². The molecular weight excluding hydrogens is 314 g/mol. The molecule has 4 heteroatoms. The highest BCUT2D eigenvalue weighted by molar-refractivity contribution is 5.86. The molecule has 0 aromatic heterocycles. The second-order valence-electron chi connectivity index (χ2n) is 7.33. The van der Waals surface area contributed by atoms with Gasteiger partial charge in [-0.2, -0.15) is 0 Å². The van der Waals surface area contributed by atoms with E-state index in [1.165, 1.54) is 5.56 Å². The number of nitrogens with one attached hydrogen (secondary N) is 1. The highest BCUT2D eigenvalue weighted by Crippen LogP contribution is 2.58. The van der Waals surface area contributed by atoms with E-state index in [1.807, 2.05) is 36.4 Å². The third kappa shape index (κ3) is 2.16. The second kappa shape index (κ2) is 5.25. The summed E-state index contributed by atoms with van der Waals surface area (Å²) in [6.07, 6.45) is 3.10. The summed E-state index contributed by atoms with van der Waals surface area (Å²) < 4.78 is 11.3. The molecule has 2 saturated carbocycles. The van der Waals surface area contributed by atoms with Crippen molar-refractivity contribution in [3.63, 3.8) is 0 Å². The molecule has 3 unspecified atom stereocenters. The van der Waals surface area contributed by atoms with Crippen LogP contribution in [0.4, 0.5) is 0 Å². The first-order valence-corrected chi connectivity index (χ1v) is 8.94. The van der Waals surface area contributed by atoms with E-state index < -0.39 is 0 Å². The first-order chi connectivity index (χ1) is 12.2. The van der Waals surface area contributed by atoms with Crippen molar-refractivity contribution in [1.82, 2.24) is 5.32 Å². The highest BCUT2D eigenvalue weighted by Gasteiger charge is 2.63. The van der Waals surface area contributed by atoms with E-state index in [0.717, 1.165) is 36.3 Å². The largest absolute Gasteiger partial charge is 0.497 e. The van der Waals surface area contributed by atoms with Crippen LogP contribution in [0.25, 0.3) is 0 Å². The number of hydrogen-bond acceptors (Lipinski definition) is 3. The maximum atomic E-state index is 12.9. The van der Waals surface area contributed by atoms with Crippen LogP contribution in [0.1, 0.15) is 36.3 Å². The zero-order valence-electron chi connectivity index (χ0n) is 14.2. The average Bonchev–Trinajstić information content (AvgIpc) is 3.20. The van der Waals surface area contributed by atoms with E-state index in [9.17, 15) is 4.79 Å². The van der Waals surface area contributed by atoms with E-state index >= 15 is 0 Å². The van der Waals surface area contributed by atoms with Crippen LogP contribution in [0.5, 0.6) is 11.5 Å². The quantitative estimate of drug-likeness (QED) is 0.932. The zero-order valence-corrected chi connectivity index (χ0v) is 14.2. The van der Waals surface area contributed by atoms with Gasteiger partial charge in [0.25, 0.3) is 0 Å². The minimum absolute atomic E-state index is 0.0137. The van der Waals surface area contributed by atoms with Crippen molar-refractivity contribution in [2.24, 2.45) is 5.92 Å². The number of para-hydroxylation sites is 1. The normalized spacial score (nSPS) is 27.3. The number of fused-ring (bicyclic) bond motifs is 3. The molecule has 0 spiro atoms. The van der Waals surface area contributed by atoms with E-state index in [-0.39, 0.29) is 29.4 Å². The van der Waals surface area contributed by atoms with E-state index in [2.05, 4.69) is 17.4 Å². The molecule has 1 N–H and O–H groups in total. The van der Waals surface area contributed by atoms with Crippen molar-refractivity contribution >= 4 is 5.91 Å². The lowest BCUT2D eigenvalue weighted by molar-refractivity contribution is -0.126. The number of amides is 1. The van der Waals surface area contributed by atoms with Crippen LogP contribution in [0, 0.1) is 5.92 Å². The van der Waals surface area contributed by atoms with Gasteiger partial charge >= 0.3 is 0 Å². The SMILES string of the molecule is COc1cccc(C2(NC(=O)C3C4Oc5ccccc5C43)CCC2)c1. The summed E-state index contributed by atoms with van der Waals surface area (Å²) in [7, 11) is 1.67. The molecule has 3 atom stereocenters. The number of benzene rings is 2. The van der Waals surface area contributed by atoms with Crippen molar-refractivity contribution < 1.29 is 14.3 Å². The summed E-state index contributed by atoms with van der Waals surface area (Å²) in [6.45, 7) is 0. The average molecular weight is 335 g/mol. The number of ether oxygens (including phenoxy) is 2. The molecule has 25 heavy (non-hydrogen) atoms. The van der Waals surface area contributed by atoms with Crippen LogP contribution in [-0.4, -0.2) is 19.1 Å². The summed E-state index contributed by atoms with van der Waals surface area (Å²) >= 11 is 0.